The number of benzene rings is 1. The Morgan fingerprint density at radius 1 is 1.03 bits per heavy atom. The predicted octanol–water partition coefficient (Wildman–Crippen LogP) is 5.83. The number of piperazine rings is 1. The van der Waals surface area contributed by atoms with Crippen molar-refractivity contribution in [2.45, 2.75) is 96.2 Å². The Kier molecular flexibility index (Phi) is 9.85. The van der Waals surface area contributed by atoms with Crippen molar-refractivity contribution in [1.29, 1.82) is 0 Å². The van der Waals surface area contributed by atoms with E-state index in [0.29, 0.717) is 30.0 Å². The topological polar surface area (TPSA) is 38.8 Å². The van der Waals surface area contributed by atoms with Gasteiger partial charge in [0.1, 0.15) is 0 Å². The fourth-order valence-electron chi connectivity index (χ4n) is 7.36. The Morgan fingerprint density at radius 3 is 2.58 bits per heavy atom. The van der Waals surface area contributed by atoms with Crippen molar-refractivity contribution in [1.82, 2.24) is 20.0 Å². The molecule has 1 aliphatic carbocycles. The zero-order valence-electron chi connectivity index (χ0n) is 23.8. The number of aryl methyl sites for hydroxylation is 1. The largest absolute Gasteiger partial charge is 0.337 e. The van der Waals surface area contributed by atoms with Crippen molar-refractivity contribution in [2.24, 2.45) is 5.92 Å². The zero-order chi connectivity index (χ0) is 26.5. The number of rotatable bonds is 7. The fourth-order valence-corrected chi connectivity index (χ4v) is 7.56. The van der Waals surface area contributed by atoms with Gasteiger partial charge in [0.2, 0.25) is 5.91 Å². The van der Waals surface area contributed by atoms with Gasteiger partial charge in [0.15, 0.2) is 0 Å². The molecule has 0 spiro atoms. The molecule has 1 aromatic carbocycles. The first-order valence-corrected chi connectivity index (χ1v) is 15.8. The van der Waals surface area contributed by atoms with Crippen LogP contribution in [0.15, 0.2) is 29.8 Å². The lowest BCUT2D eigenvalue weighted by molar-refractivity contribution is -0.138. The van der Waals surface area contributed by atoms with Crippen molar-refractivity contribution in [3.63, 3.8) is 0 Å². The third-order valence-electron chi connectivity index (χ3n) is 9.71. The summed E-state index contributed by atoms with van der Waals surface area (Å²) in [5.41, 5.74) is 4.36. The highest BCUT2D eigenvalue weighted by atomic mass is 35.5. The molecule has 6 heteroatoms. The molecule has 5 nitrogen and oxygen atoms in total. The van der Waals surface area contributed by atoms with Crippen LogP contribution in [0.5, 0.6) is 0 Å². The number of nitrogens with one attached hydrogen (secondary N) is 1. The maximum absolute atomic E-state index is 13.4. The maximum atomic E-state index is 13.4. The second-order valence-electron chi connectivity index (χ2n) is 12.3. The van der Waals surface area contributed by atoms with Gasteiger partial charge >= 0.3 is 0 Å². The SMILES string of the molecule is CCCCC1CN(C2CCN(C3C=C(C)CCc4cc(Cl)ccc43)CC2)CCN1C(=O)CC1CCNCC1. The first kappa shape index (κ1) is 28.1. The summed E-state index contributed by atoms with van der Waals surface area (Å²) < 4.78 is 0. The smallest absolute Gasteiger partial charge is 0.223 e. The zero-order valence-corrected chi connectivity index (χ0v) is 24.5. The van der Waals surface area contributed by atoms with Gasteiger partial charge in [-0.25, -0.2) is 0 Å². The lowest BCUT2D eigenvalue weighted by Crippen LogP contribution is -2.59. The highest BCUT2D eigenvalue weighted by Crippen LogP contribution is 2.35. The van der Waals surface area contributed by atoms with Gasteiger partial charge in [-0.2, -0.15) is 0 Å². The van der Waals surface area contributed by atoms with Crippen molar-refractivity contribution in [3.8, 4) is 0 Å². The first-order valence-electron chi connectivity index (χ1n) is 15.5. The van der Waals surface area contributed by atoms with Crippen molar-refractivity contribution in [3.05, 3.63) is 46.0 Å². The molecule has 0 radical (unpaired) electrons. The molecule has 1 amide bonds. The molecular weight excluding hydrogens is 492 g/mol. The van der Waals surface area contributed by atoms with E-state index in [1.165, 1.54) is 42.4 Å². The van der Waals surface area contributed by atoms with Gasteiger partial charge in [0.25, 0.3) is 0 Å². The molecule has 38 heavy (non-hydrogen) atoms. The van der Waals surface area contributed by atoms with Gasteiger partial charge in [-0.3, -0.25) is 14.6 Å². The maximum Gasteiger partial charge on any atom is 0.223 e. The van der Waals surface area contributed by atoms with E-state index in [4.69, 9.17) is 11.6 Å². The van der Waals surface area contributed by atoms with E-state index >= 15 is 0 Å². The van der Waals surface area contributed by atoms with Crippen LogP contribution in [0, 0.1) is 5.92 Å². The second kappa shape index (κ2) is 13.3. The average Bonchev–Trinajstić information content (AvgIpc) is 3.10. The first-order chi connectivity index (χ1) is 18.5. The number of allylic oxidation sites excluding steroid dienone is 1. The van der Waals surface area contributed by atoms with Crippen LogP contribution in [0.25, 0.3) is 0 Å². The van der Waals surface area contributed by atoms with Crippen LogP contribution in [0.1, 0.15) is 88.8 Å². The summed E-state index contributed by atoms with van der Waals surface area (Å²) in [6, 6.07) is 7.91. The molecule has 2 unspecified atom stereocenters. The molecule has 3 aliphatic heterocycles. The summed E-state index contributed by atoms with van der Waals surface area (Å²) in [5, 5.41) is 4.29. The Balaban J connectivity index is 1.19. The summed E-state index contributed by atoms with van der Waals surface area (Å²) in [4.78, 5) is 21.1. The fraction of sp³-hybridized carbons (Fsp3) is 0.719. The van der Waals surface area contributed by atoms with Gasteiger partial charge in [-0.1, -0.05) is 49.1 Å². The molecule has 0 saturated carbocycles. The molecule has 0 bridgehead atoms. The number of carbonyl (C=O) groups is 1. The van der Waals surface area contributed by atoms with E-state index < -0.39 is 0 Å². The number of hydrogen-bond donors (Lipinski definition) is 1. The number of nitrogens with zero attached hydrogens (tertiary/aromatic N) is 3. The van der Waals surface area contributed by atoms with E-state index in [1.807, 2.05) is 0 Å². The minimum absolute atomic E-state index is 0.368. The normalized spacial score (nSPS) is 26.6. The lowest BCUT2D eigenvalue weighted by Gasteiger charge is -2.47. The van der Waals surface area contributed by atoms with Crippen LogP contribution < -0.4 is 5.32 Å². The molecule has 3 fully saturated rings. The molecule has 1 aromatic rings. The van der Waals surface area contributed by atoms with Crippen LogP contribution >= 0.6 is 11.6 Å². The molecule has 0 aromatic heterocycles. The van der Waals surface area contributed by atoms with Gasteiger partial charge in [0, 0.05) is 56.3 Å². The summed E-state index contributed by atoms with van der Waals surface area (Å²) in [6.45, 7) is 12.0. The Labute approximate surface area is 236 Å². The molecular formula is C32H49ClN4O. The van der Waals surface area contributed by atoms with E-state index in [2.05, 4.69) is 58.1 Å². The summed E-state index contributed by atoms with van der Waals surface area (Å²) in [5.74, 6) is 0.988. The van der Waals surface area contributed by atoms with E-state index in [0.717, 1.165) is 89.4 Å². The monoisotopic (exact) mass is 540 g/mol. The number of fused-ring (bicyclic) bond motifs is 1. The lowest BCUT2D eigenvalue weighted by atomic mass is 9.92. The third kappa shape index (κ3) is 6.83. The second-order valence-corrected chi connectivity index (χ2v) is 12.8. The molecule has 3 heterocycles. The van der Waals surface area contributed by atoms with Gasteiger partial charge in [-0.15, -0.1) is 0 Å². The molecule has 210 valence electrons. The third-order valence-corrected chi connectivity index (χ3v) is 9.95. The number of unbranched alkanes of at least 4 members (excludes halogenated alkanes) is 1. The quantitative estimate of drug-likeness (QED) is 0.442. The van der Waals surface area contributed by atoms with Crippen molar-refractivity contribution < 1.29 is 4.79 Å². The van der Waals surface area contributed by atoms with Crippen LogP contribution in [0.4, 0.5) is 0 Å². The van der Waals surface area contributed by atoms with Crippen LogP contribution in [-0.4, -0.2) is 78.5 Å². The predicted molar refractivity (Wildman–Crippen MR) is 158 cm³/mol. The minimum Gasteiger partial charge on any atom is -0.337 e. The number of piperidine rings is 2. The van der Waals surface area contributed by atoms with Crippen molar-refractivity contribution >= 4 is 17.5 Å². The van der Waals surface area contributed by atoms with Crippen LogP contribution in [-0.2, 0) is 11.2 Å². The van der Waals surface area contributed by atoms with Gasteiger partial charge < -0.3 is 10.2 Å². The summed E-state index contributed by atoms with van der Waals surface area (Å²) in [7, 11) is 0. The number of likely N-dealkylation sites (tertiary alicyclic amines) is 1. The van der Waals surface area contributed by atoms with E-state index in [9.17, 15) is 4.79 Å². The number of hydrogen-bond acceptors (Lipinski definition) is 4. The van der Waals surface area contributed by atoms with Crippen LogP contribution in [0.2, 0.25) is 5.02 Å². The number of amides is 1. The Bertz CT molecular complexity index is 966. The van der Waals surface area contributed by atoms with Gasteiger partial charge in [0.05, 0.1) is 6.04 Å². The summed E-state index contributed by atoms with van der Waals surface area (Å²) in [6.07, 6.45) is 13.8. The molecule has 1 N–H and O–H groups in total. The highest BCUT2D eigenvalue weighted by Gasteiger charge is 2.36. The molecule has 5 rings (SSSR count). The number of halogens is 1. The molecule has 3 saturated heterocycles. The molecule has 2 atom stereocenters. The minimum atomic E-state index is 0.368. The summed E-state index contributed by atoms with van der Waals surface area (Å²) >= 11 is 6.36. The van der Waals surface area contributed by atoms with Crippen LogP contribution in [0.3, 0.4) is 0 Å². The van der Waals surface area contributed by atoms with E-state index in [1.54, 1.807) is 0 Å². The Morgan fingerprint density at radius 2 is 1.82 bits per heavy atom. The number of carbonyl (C=O) groups excluding carboxylic acids is 1. The van der Waals surface area contributed by atoms with Crippen molar-refractivity contribution in [2.75, 3.05) is 45.8 Å². The Hall–Kier alpha value is -1.40. The molecule has 4 aliphatic rings. The standard InChI is InChI=1S/C32H49ClN4O/c1-3-4-5-29-23-36(18-19-37(29)32(38)21-25-10-14-34-15-11-25)28-12-16-35(17-13-28)31-20-24(2)6-7-26-22-27(33)8-9-30(26)31/h8-9,20,22,25,28-29,31,34H,3-7,10-19,21,23H2,1-2H3. The van der Waals surface area contributed by atoms with E-state index in [-0.39, 0.29) is 0 Å². The highest BCUT2D eigenvalue weighted by molar-refractivity contribution is 6.30. The van der Waals surface area contributed by atoms with Gasteiger partial charge in [-0.05, 0) is 94.1 Å². The average molecular weight is 541 g/mol.